The van der Waals surface area contributed by atoms with Crippen LogP contribution in [0.2, 0.25) is 5.02 Å². The monoisotopic (exact) mass is 471 g/mol. The molecule has 1 aromatic heterocycles. The Hall–Kier alpha value is -2.25. The van der Waals surface area contributed by atoms with Crippen molar-refractivity contribution in [1.29, 1.82) is 0 Å². The van der Waals surface area contributed by atoms with Gasteiger partial charge in [0.1, 0.15) is 5.01 Å². The molecule has 8 heteroatoms. The first-order chi connectivity index (χ1) is 15.5. The van der Waals surface area contributed by atoms with E-state index >= 15 is 0 Å². The topological polar surface area (TPSA) is 70.6 Å². The lowest BCUT2D eigenvalue weighted by molar-refractivity contribution is -0.145. The number of carbonyl (C=O) groups is 3. The van der Waals surface area contributed by atoms with Crippen molar-refractivity contribution in [3.05, 3.63) is 51.4 Å². The van der Waals surface area contributed by atoms with Crippen molar-refractivity contribution in [1.82, 2.24) is 14.8 Å². The lowest BCUT2D eigenvalue weighted by atomic mass is 9.75. The maximum atomic E-state index is 13.9. The molecule has 3 amide bonds. The van der Waals surface area contributed by atoms with Gasteiger partial charge in [0.05, 0.1) is 11.5 Å². The van der Waals surface area contributed by atoms with E-state index < -0.39 is 5.41 Å². The average molecular weight is 472 g/mol. The molecule has 0 spiro atoms. The van der Waals surface area contributed by atoms with Gasteiger partial charge in [-0.25, -0.2) is 4.98 Å². The van der Waals surface area contributed by atoms with E-state index in [1.807, 2.05) is 16.3 Å². The predicted octanol–water partition coefficient (Wildman–Crippen LogP) is 4.49. The minimum absolute atomic E-state index is 0.00638. The van der Waals surface area contributed by atoms with E-state index in [2.05, 4.69) is 4.98 Å². The second kappa shape index (κ2) is 8.60. The van der Waals surface area contributed by atoms with Crippen LogP contribution in [0.3, 0.4) is 0 Å². The van der Waals surface area contributed by atoms with Crippen LogP contribution in [0.1, 0.15) is 68.0 Å². The lowest BCUT2D eigenvalue weighted by Crippen LogP contribution is -2.46. The fraction of sp³-hybridized carbons (Fsp3) is 0.500. The molecule has 1 saturated carbocycles. The van der Waals surface area contributed by atoms with Gasteiger partial charge >= 0.3 is 0 Å². The van der Waals surface area contributed by atoms with Crippen LogP contribution in [-0.2, 0) is 19.8 Å². The van der Waals surface area contributed by atoms with Gasteiger partial charge in [0.2, 0.25) is 17.7 Å². The van der Waals surface area contributed by atoms with Crippen LogP contribution >= 0.6 is 22.9 Å². The molecule has 2 aromatic rings. The van der Waals surface area contributed by atoms with Crippen LogP contribution in [0.5, 0.6) is 0 Å². The molecule has 5 rings (SSSR count). The van der Waals surface area contributed by atoms with Gasteiger partial charge in [-0.1, -0.05) is 42.6 Å². The number of hydrogen-bond donors (Lipinski definition) is 0. The zero-order valence-electron chi connectivity index (χ0n) is 17.8. The van der Waals surface area contributed by atoms with Crippen molar-refractivity contribution in [2.75, 3.05) is 6.54 Å². The largest absolute Gasteiger partial charge is 0.333 e. The summed E-state index contributed by atoms with van der Waals surface area (Å²) in [5.74, 6) is -0.564. The summed E-state index contributed by atoms with van der Waals surface area (Å²) in [7, 11) is 0. The summed E-state index contributed by atoms with van der Waals surface area (Å²) < 4.78 is 0. The van der Waals surface area contributed by atoms with Crippen molar-refractivity contribution < 1.29 is 14.4 Å². The first kappa shape index (κ1) is 21.6. The molecule has 1 aliphatic carbocycles. The molecule has 2 unspecified atom stereocenters. The molecule has 3 heterocycles. The predicted molar refractivity (Wildman–Crippen MR) is 122 cm³/mol. The molecular weight excluding hydrogens is 446 g/mol. The molecule has 1 aromatic carbocycles. The number of amides is 3. The van der Waals surface area contributed by atoms with Gasteiger partial charge in [-0.3, -0.25) is 19.3 Å². The highest BCUT2D eigenvalue weighted by Gasteiger charge is 2.57. The maximum absolute atomic E-state index is 13.9. The van der Waals surface area contributed by atoms with Crippen molar-refractivity contribution in [3.8, 4) is 0 Å². The maximum Gasteiger partial charge on any atom is 0.241 e. The zero-order valence-corrected chi connectivity index (χ0v) is 19.4. The molecule has 0 bridgehead atoms. The Kier molecular flexibility index (Phi) is 5.80. The number of benzene rings is 1. The van der Waals surface area contributed by atoms with Gasteiger partial charge in [0, 0.05) is 42.0 Å². The van der Waals surface area contributed by atoms with Crippen molar-refractivity contribution in [2.24, 2.45) is 0 Å². The third-order valence-corrected chi connectivity index (χ3v) is 8.40. The molecule has 168 valence electrons. The average Bonchev–Trinajstić information content (AvgIpc) is 3.57. The SMILES string of the molecule is O=C(CC1(c2ccccc2Cl)CC(=O)N(C2CCCC2)C1=O)N1CCCC1c1nccs1. The number of nitrogens with zero attached hydrogens (tertiary/aromatic N) is 3. The van der Waals surface area contributed by atoms with Crippen LogP contribution in [0.15, 0.2) is 35.8 Å². The van der Waals surface area contributed by atoms with E-state index in [0.717, 1.165) is 43.5 Å². The second-order valence-corrected chi connectivity index (χ2v) is 10.4. The van der Waals surface area contributed by atoms with Gasteiger partial charge in [-0.15, -0.1) is 11.3 Å². The summed E-state index contributed by atoms with van der Waals surface area (Å²) in [4.78, 5) is 48.4. The first-order valence-electron chi connectivity index (χ1n) is 11.3. The van der Waals surface area contributed by atoms with Gasteiger partial charge in [0.15, 0.2) is 0 Å². The van der Waals surface area contributed by atoms with E-state index in [4.69, 9.17) is 11.6 Å². The molecule has 2 atom stereocenters. The number of halogens is 1. The fourth-order valence-corrected chi connectivity index (χ4v) is 6.77. The van der Waals surface area contributed by atoms with Crippen molar-refractivity contribution in [2.45, 2.75) is 68.9 Å². The number of aromatic nitrogens is 1. The Labute approximate surface area is 196 Å². The van der Waals surface area contributed by atoms with E-state index in [9.17, 15) is 14.4 Å². The summed E-state index contributed by atoms with van der Waals surface area (Å²) in [6.07, 6.45) is 7.16. The Morgan fingerprint density at radius 2 is 1.94 bits per heavy atom. The third-order valence-electron chi connectivity index (χ3n) is 7.19. The number of likely N-dealkylation sites (tertiary alicyclic amines) is 2. The van der Waals surface area contributed by atoms with Crippen molar-refractivity contribution in [3.63, 3.8) is 0 Å². The number of thiazole rings is 1. The Morgan fingerprint density at radius 1 is 1.16 bits per heavy atom. The Morgan fingerprint density at radius 3 is 2.66 bits per heavy atom. The Bertz CT molecular complexity index is 1040. The molecule has 32 heavy (non-hydrogen) atoms. The van der Waals surface area contributed by atoms with Crippen LogP contribution in [-0.4, -0.2) is 45.1 Å². The van der Waals surface area contributed by atoms with E-state index in [0.29, 0.717) is 17.1 Å². The van der Waals surface area contributed by atoms with E-state index in [1.165, 1.54) is 4.90 Å². The summed E-state index contributed by atoms with van der Waals surface area (Å²) >= 11 is 8.10. The molecular formula is C24H26ClN3O3S. The number of rotatable bonds is 5. The fourth-order valence-electron chi connectivity index (χ4n) is 5.67. The van der Waals surface area contributed by atoms with Gasteiger partial charge in [-0.05, 0) is 37.3 Å². The van der Waals surface area contributed by atoms with Crippen molar-refractivity contribution >= 4 is 40.7 Å². The highest BCUT2D eigenvalue weighted by molar-refractivity contribution is 7.09. The van der Waals surface area contributed by atoms with Gasteiger partial charge in [0.25, 0.3) is 0 Å². The second-order valence-electron chi connectivity index (χ2n) is 9.04. The summed E-state index contributed by atoms with van der Waals surface area (Å²) in [5, 5.41) is 3.26. The quantitative estimate of drug-likeness (QED) is 0.602. The minimum atomic E-state index is -1.24. The standard InChI is InChI=1S/C24H26ClN3O3S/c25-18-9-4-3-8-17(18)24(15-21(30)28(23(24)31)16-6-1-2-7-16)14-20(29)27-12-5-10-19(27)22-26-11-13-32-22/h3-4,8-9,11,13,16,19H,1-2,5-7,10,12,14-15H2. The smallest absolute Gasteiger partial charge is 0.241 e. The van der Waals surface area contributed by atoms with Crippen LogP contribution < -0.4 is 0 Å². The molecule has 2 saturated heterocycles. The molecule has 3 aliphatic rings. The minimum Gasteiger partial charge on any atom is -0.333 e. The van der Waals surface area contributed by atoms with Gasteiger partial charge in [-0.2, -0.15) is 0 Å². The Balaban J connectivity index is 1.50. The van der Waals surface area contributed by atoms with Gasteiger partial charge < -0.3 is 4.90 Å². The third kappa shape index (κ3) is 3.55. The normalized spacial score (nSPS) is 26.5. The summed E-state index contributed by atoms with van der Waals surface area (Å²) in [6.45, 7) is 0.635. The first-order valence-corrected chi connectivity index (χ1v) is 12.6. The van der Waals surface area contributed by atoms with E-state index in [1.54, 1.807) is 35.7 Å². The van der Waals surface area contributed by atoms with E-state index in [-0.39, 0.29) is 42.6 Å². The summed E-state index contributed by atoms with van der Waals surface area (Å²) in [6, 6.07) is 7.01. The number of hydrogen-bond acceptors (Lipinski definition) is 5. The highest BCUT2D eigenvalue weighted by Crippen LogP contribution is 2.46. The lowest BCUT2D eigenvalue weighted by Gasteiger charge is -2.32. The highest BCUT2D eigenvalue weighted by atomic mass is 35.5. The number of imide groups is 1. The molecule has 6 nitrogen and oxygen atoms in total. The van der Waals surface area contributed by atoms with Crippen LogP contribution in [0, 0.1) is 0 Å². The number of carbonyl (C=O) groups excluding carboxylic acids is 3. The molecule has 0 radical (unpaired) electrons. The molecule has 2 aliphatic heterocycles. The molecule has 3 fully saturated rings. The zero-order chi connectivity index (χ0) is 22.3. The summed E-state index contributed by atoms with van der Waals surface area (Å²) in [5.41, 5.74) is -0.663. The molecule has 0 N–H and O–H groups in total. The van der Waals surface area contributed by atoms with Crippen LogP contribution in [0.4, 0.5) is 0 Å². The van der Waals surface area contributed by atoms with Crippen LogP contribution in [0.25, 0.3) is 0 Å².